The van der Waals surface area contributed by atoms with Gasteiger partial charge in [0.05, 0.1) is 105 Å². The third-order valence-electron chi connectivity index (χ3n) is 17.6. The molecule has 0 heterocycles. The molecule has 0 saturated carbocycles. The van der Waals surface area contributed by atoms with E-state index in [0.29, 0.717) is 76.4 Å². The molecule has 0 aromatic heterocycles. The number of nitrogens with zero attached hydrogens (tertiary/aromatic N) is 1. The minimum absolute atomic E-state index is 0.0236. The average Bonchev–Trinajstić information content (AvgIpc) is 0.750. The van der Waals surface area contributed by atoms with Crippen LogP contribution in [0.25, 0.3) is 53.9 Å². The van der Waals surface area contributed by atoms with Crippen molar-refractivity contribution in [1.82, 2.24) is 0 Å². The average molecular weight is 2000 g/mol. The van der Waals surface area contributed by atoms with Gasteiger partial charge in [-0.2, -0.15) is 0 Å². The van der Waals surface area contributed by atoms with Gasteiger partial charge in [0, 0.05) is 145 Å². The monoisotopic (exact) mass is 2000 g/mol. The molecule has 3 amide bonds. The van der Waals surface area contributed by atoms with Gasteiger partial charge >= 0.3 is 59.7 Å². The Morgan fingerprint density at radius 1 is 0.279 bits per heavy atom. The van der Waals surface area contributed by atoms with Crippen LogP contribution in [0.3, 0.4) is 0 Å². The molecule has 42 heteroatoms. The summed E-state index contributed by atoms with van der Waals surface area (Å²) in [4.78, 5) is 153. The molecule has 0 spiro atoms. The number of fused-ring (bicyclic) bond motifs is 5. The lowest BCUT2D eigenvalue weighted by Gasteiger charge is -2.24. The van der Waals surface area contributed by atoms with Gasteiger partial charge in [-0.15, -0.1) is 0 Å². The second kappa shape index (κ2) is 50.4. The van der Waals surface area contributed by atoms with Crippen molar-refractivity contribution in [3.05, 3.63) is 121 Å². The van der Waals surface area contributed by atoms with Crippen molar-refractivity contribution in [3.63, 3.8) is 0 Å². The van der Waals surface area contributed by atoms with E-state index >= 15 is 0 Å². The van der Waals surface area contributed by atoms with Crippen LogP contribution < -0.4 is 95.4 Å². The van der Waals surface area contributed by atoms with Crippen LogP contribution >= 0.6 is 0 Å². The Kier molecular flexibility index (Phi) is 41.0. The van der Waals surface area contributed by atoms with Gasteiger partial charge in [-0.05, 0) is 99.6 Å². The molecule has 0 radical (unpaired) electrons. The first kappa shape index (κ1) is 114. The van der Waals surface area contributed by atoms with Crippen molar-refractivity contribution in [2.45, 2.75) is 215 Å². The number of amides is 3. The predicted octanol–water partition coefficient (Wildman–Crippen LogP) is 16.9. The van der Waals surface area contributed by atoms with Gasteiger partial charge in [-0.1, -0.05) is 88.4 Å². The predicted molar refractivity (Wildman–Crippen MR) is 524 cm³/mol. The topological polar surface area (TPSA) is 514 Å². The lowest BCUT2D eigenvalue weighted by atomic mass is 10.0. The number of anilines is 5. The number of nitrogens with one attached hydrogen (secondary N) is 4. The highest BCUT2D eigenvalue weighted by atomic mass is 32.2. The van der Waals surface area contributed by atoms with Gasteiger partial charge in [-0.3, -0.25) is 71.8 Å². The molecule has 10 aromatic rings. The van der Waals surface area contributed by atoms with Gasteiger partial charge < -0.3 is 81.7 Å². The zero-order valence-electron chi connectivity index (χ0n) is 82.3. The van der Waals surface area contributed by atoms with Crippen LogP contribution in [0.15, 0.2) is 121 Å². The van der Waals surface area contributed by atoms with Gasteiger partial charge in [0.25, 0.3) is 0 Å². The Hall–Kier alpha value is -14.9. The summed E-state index contributed by atoms with van der Waals surface area (Å²) in [6, 6.07) is 31.9. The van der Waals surface area contributed by atoms with Crippen molar-refractivity contribution >= 4 is 190 Å². The molecule has 39 nitrogen and oxygen atoms in total. The fraction of sp³-hybridized carbons (Fsp3) is 0.357. The van der Waals surface area contributed by atoms with Crippen molar-refractivity contribution in [2.24, 2.45) is 0 Å². The van der Waals surface area contributed by atoms with E-state index in [9.17, 15) is 87.6 Å². The largest absolute Gasteiger partial charge is 0.490 e. The Balaban J connectivity index is 0.000000268. The van der Waals surface area contributed by atoms with E-state index in [0.717, 1.165) is 39.5 Å². The lowest BCUT2D eigenvalue weighted by Crippen LogP contribution is -2.34. The van der Waals surface area contributed by atoms with Crippen molar-refractivity contribution in [3.8, 4) is 86.2 Å². The number of sulfonamides is 3. The summed E-state index contributed by atoms with van der Waals surface area (Å²) in [7, 11) is -11.3. The van der Waals surface area contributed by atoms with E-state index in [1.165, 1.54) is 96.1 Å². The summed E-state index contributed by atoms with van der Waals surface area (Å²) in [6.45, 7) is 35.9. The molecule has 4 N–H and O–H groups in total. The molecule has 0 bridgehead atoms. The van der Waals surface area contributed by atoms with Crippen LogP contribution in [0.1, 0.15) is 185 Å². The molecule has 0 aliphatic heterocycles. The van der Waals surface area contributed by atoms with E-state index in [2.05, 4.69) is 20.1 Å². The van der Waals surface area contributed by atoms with Gasteiger partial charge in [0.2, 0.25) is 47.8 Å². The van der Waals surface area contributed by atoms with E-state index in [-0.39, 0.29) is 164 Å². The van der Waals surface area contributed by atoms with Crippen molar-refractivity contribution in [1.29, 1.82) is 0 Å². The van der Waals surface area contributed by atoms with Crippen LogP contribution in [0.2, 0.25) is 0 Å². The van der Waals surface area contributed by atoms with Gasteiger partial charge in [0.1, 0.15) is 28.7 Å². The Morgan fingerprint density at radius 2 is 0.493 bits per heavy atom. The number of hydrogen-bond acceptors (Lipinski definition) is 34. The molecule has 0 saturated heterocycles. The molecule has 140 heavy (non-hydrogen) atoms. The molecule has 754 valence electrons. The molecule has 10 rings (SSSR count). The second-order valence-corrected chi connectivity index (χ2v) is 37.3. The van der Waals surface area contributed by atoms with Crippen LogP contribution in [-0.4, -0.2) is 152 Å². The number of carbonyl (C=O) groups is 13. The number of esters is 10. The second-order valence-electron chi connectivity index (χ2n) is 32.0. The quantitative estimate of drug-likeness (QED) is 0.0225. The third kappa shape index (κ3) is 33.2. The van der Waals surface area contributed by atoms with Crippen LogP contribution in [-0.2, 0) is 92.4 Å². The summed E-state index contributed by atoms with van der Waals surface area (Å²) < 4.78 is 160. The number of carbonyl (C=O) groups excluding carboxylic acids is 13. The molecular formula is C98H115N5O34S3. The maximum atomic E-state index is 12.4. The first-order valence-corrected chi connectivity index (χ1v) is 49.2. The number of rotatable bonds is 32. The Bertz CT molecular complexity index is 6790. The third-order valence-corrected chi connectivity index (χ3v) is 19.9. The molecule has 0 aliphatic rings. The normalized spacial score (nSPS) is 11.1. The summed E-state index contributed by atoms with van der Waals surface area (Å²) in [5, 5.41) is 9.42. The van der Waals surface area contributed by atoms with Crippen LogP contribution in [0, 0.1) is 0 Å². The number of ether oxygens (including phenoxy) is 15. The highest BCUT2D eigenvalue weighted by molar-refractivity contribution is 7.93. The number of hydrogen-bond donors (Lipinski definition) is 4. The summed E-state index contributed by atoms with van der Waals surface area (Å²) in [5.74, 6) is -5.79. The minimum Gasteiger partial charge on any atom is -0.490 e. The Morgan fingerprint density at radius 3 is 0.714 bits per heavy atom. The molecule has 0 fully saturated rings. The lowest BCUT2D eigenvalue weighted by molar-refractivity contribution is -0.136. The van der Waals surface area contributed by atoms with E-state index in [4.69, 9.17) is 71.1 Å². The molecule has 0 aliphatic carbocycles. The highest BCUT2D eigenvalue weighted by Crippen LogP contribution is 2.52. The zero-order valence-corrected chi connectivity index (χ0v) is 84.8. The summed E-state index contributed by atoms with van der Waals surface area (Å²) in [5.41, 5.74) is 1.10. The van der Waals surface area contributed by atoms with E-state index in [1.807, 2.05) is 55.4 Å². The zero-order chi connectivity index (χ0) is 105. The van der Waals surface area contributed by atoms with E-state index < -0.39 is 95.7 Å². The first-order valence-electron chi connectivity index (χ1n) is 43.6. The molecule has 0 atom stereocenters. The fourth-order valence-corrected chi connectivity index (χ4v) is 15.2. The van der Waals surface area contributed by atoms with Crippen molar-refractivity contribution < 1.29 is 159 Å². The molecular weight excluding hydrogens is 1890 g/mol. The fourth-order valence-electron chi connectivity index (χ4n) is 13.1. The smallest absolute Gasteiger partial charge is 0.311 e. The van der Waals surface area contributed by atoms with Gasteiger partial charge in [-0.25, -0.2) is 29.6 Å². The number of benzene rings is 10. The van der Waals surface area contributed by atoms with Gasteiger partial charge in [0.15, 0.2) is 57.5 Å². The van der Waals surface area contributed by atoms with Crippen LogP contribution in [0.5, 0.6) is 86.2 Å². The molecule has 10 aromatic carbocycles. The van der Waals surface area contributed by atoms with Crippen LogP contribution in [0.4, 0.5) is 28.4 Å². The van der Waals surface area contributed by atoms with Crippen molar-refractivity contribution in [2.75, 3.05) is 43.2 Å². The highest BCUT2D eigenvalue weighted by Gasteiger charge is 2.33. The summed E-state index contributed by atoms with van der Waals surface area (Å²) in [6.07, 6.45) is 2.36. The summed E-state index contributed by atoms with van der Waals surface area (Å²) >= 11 is 0. The molecule has 0 unspecified atom stereocenters. The maximum Gasteiger partial charge on any atom is 0.311 e. The van der Waals surface area contributed by atoms with E-state index in [1.54, 1.807) is 108 Å². The SMILES string of the molecule is CC(=O)Nc1cccc2c(OC(C)C)cc(OC(C)=O)c(OC(C)=O)c12.CC(=O)Oc1cc(OC(C)C)c2cccc(N(C(C)=O)S(C)(=O)=O)c2c1OC(C)=O.CC(=O)Oc1cc(OC(C)C)c2cccc(NS(C)(=O)=O)c2c1OC(C)=O.CCC(=O)Oc1cc(OC(C)C)c2cccc(NC(C)=O)c2c1OC(=O)CC.CCC(=O)Oc1cc(OC(C)C)c2cccc(NS(C)(=O)=O)c2c1OC(=O)CC. The Labute approximate surface area is 810 Å². The maximum absolute atomic E-state index is 12.4. The standard InChI is InChI=1S/C21H25NO6.C20H23NO8S.C20H25NO7S.C19H21NO6.C18H21NO7S/c1-6-18(24)27-17-11-16(26-12(3)4)14-9-8-10-15(22-13(5)23)20(14)21(17)28-19(25)7-2;1-11(2)27-17-10-18(28-13(4)23)20(29-14(5)24)19-15(17)8-7-9-16(19)21(12(3)22)30(6,25)26;1-6-17(22)27-16-11-15(26-12(3)4)13-9-8-10-14(21-29(5,24)25)19(13)20(16)28-18(23)7-2;1-10(2)24-16-9-17(25-12(4)22)19(26-13(5)23)18-14(16)7-6-8-15(18)20-11(3)21;1-10(2)24-15-9-16(25-11(3)20)18(26-12(4)21)17-13(15)7-6-8-14(17)19-27(5,22)23/h8-12H,6-7H2,1-5H3,(H,22,23);7-11H,1-6H3;8-12,21H,6-7H2,1-5H3;6-10H,1-5H3,(H,20,21);6-10,19H,1-5H3. The minimum atomic E-state index is -4.03. The first-order chi connectivity index (χ1) is 65.3.